The van der Waals surface area contributed by atoms with E-state index < -0.39 is 6.61 Å². The van der Waals surface area contributed by atoms with E-state index in [2.05, 4.69) is 24.7 Å². The van der Waals surface area contributed by atoms with Crippen molar-refractivity contribution in [3.63, 3.8) is 0 Å². The molecule has 31 heavy (non-hydrogen) atoms. The third kappa shape index (κ3) is 5.05. The molecule has 0 aliphatic carbocycles. The first-order chi connectivity index (χ1) is 15.0. The van der Waals surface area contributed by atoms with Gasteiger partial charge in [0.2, 0.25) is 11.7 Å². The lowest BCUT2D eigenvalue weighted by atomic mass is 10.2. The lowest BCUT2D eigenvalue weighted by Crippen LogP contribution is -2.46. The average molecular weight is 451 g/mol. The number of hydrogen-bond acceptors (Lipinski definition) is 7. The largest absolute Gasteiger partial charge is 0.493 e. The van der Waals surface area contributed by atoms with Crippen molar-refractivity contribution in [2.24, 2.45) is 0 Å². The molecule has 0 unspecified atom stereocenters. The first kappa shape index (κ1) is 21.3. The van der Waals surface area contributed by atoms with Crippen LogP contribution < -0.4 is 14.4 Å². The number of anilines is 1. The van der Waals surface area contributed by atoms with E-state index in [4.69, 9.17) is 20.9 Å². The van der Waals surface area contributed by atoms with Crippen LogP contribution in [0.2, 0.25) is 5.02 Å². The van der Waals surface area contributed by atoms with Gasteiger partial charge in [0.25, 0.3) is 0 Å². The van der Waals surface area contributed by atoms with E-state index in [-0.39, 0.29) is 11.5 Å². The number of piperazine rings is 1. The molecule has 2 aromatic carbocycles. The number of halogens is 3. The SMILES string of the molecule is COc1cc(-c2noc(CN3CCN(c4ccccc4Cl)CC3)n2)ccc1OC(F)F. The van der Waals surface area contributed by atoms with Gasteiger partial charge >= 0.3 is 6.61 Å². The topological polar surface area (TPSA) is 63.9 Å². The molecule has 7 nitrogen and oxygen atoms in total. The molecule has 0 N–H and O–H groups in total. The fourth-order valence-corrected chi connectivity index (χ4v) is 3.74. The smallest absolute Gasteiger partial charge is 0.387 e. The molecule has 2 heterocycles. The van der Waals surface area contributed by atoms with Crippen molar-refractivity contribution in [2.75, 3.05) is 38.2 Å². The molecule has 1 aromatic heterocycles. The lowest BCUT2D eigenvalue weighted by Gasteiger charge is -2.35. The van der Waals surface area contributed by atoms with Gasteiger partial charge in [0.05, 0.1) is 24.4 Å². The summed E-state index contributed by atoms with van der Waals surface area (Å²) < 4.78 is 39.9. The molecule has 0 spiro atoms. The van der Waals surface area contributed by atoms with E-state index in [0.29, 0.717) is 23.8 Å². The number of benzene rings is 2. The quantitative estimate of drug-likeness (QED) is 0.531. The Balaban J connectivity index is 1.38. The summed E-state index contributed by atoms with van der Waals surface area (Å²) in [7, 11) is 1.38. The number of methoxy groups -OCH3 is 1. The second-order valence-corrected chi connectivity index (χ2v) is 7.38. The van der Waals surface area contributed by atoms with Crippen molar-refractivity contribution in [3.05, 3.63) is 53.4 Å². The summed E-state index contributed by atoms with van der Waals surface area (Å²) >= 11 is 6.30. The fourth-order valence-electron chi connectivity index (χ4n) is 3.48. The van der Waals surface area contributed by atoms with E-state index in [1.165, 1.54) is 19.2 Å². The summed E-state index contributed by atoms with van der Waals surface area (Å²) in [5.74, 6) is 0.945. The maximum Gasteiger partial charge on any atom is 0.387 e. The monoisotopic (exact) mass is 450 g/mol. The van der Waals surface area contributed by atoms with E-state index in [1.807, 2.05) is 24.3 Å². The summed E-state index contributed by atoms with van der Waals surface area (Å²) in [5, 5.41) is 4.75. The molecule has 1 aliphatic heterocycles. The Morgan fingerprint density at radius 2 is 1.87 bits per heavy atom. The number of para-hydroxylation sites is 1. The fraction of sp³-hybridized carbons (Fsp3) is 0.333. The number of nitrogens with zero attached hydrogens (tertiary/aromatic N) is 4. The Bertz CT molecular complexity index is 1030. The van der Waals surface area contributed by atoms with Crippen LogP contribution in [0.1, 0.15) is 5.89 Å². The van der Waals surface area contributed by atoms with Gasteiger partial charge in [-0.05, 0) is 30.3 Å². The third-order valence-electron chi connectivity index (χ3n) is 5.03. The van der Waals surface area contributed by atoms with E-state index in [0.717, 1.165) is 36.9 Å². The number of ether oxygens (including phenoxy) is 2. The minimum Gasteiger partial charge on any atom is -0.493 e. The Morgan fingerprint density at radius 3 is 2.58 bits per heavy atom. The molecule has 10 heteroatoms. The van der Waals surface area contributed by atoms with Gasteiger partial charge in [-0.1, -0.05) is 28.9 Å². The van der Waals surface area contributed by atoms with Crippen molar-refractivity contribution in [2.45, 2.75) is 13.2 Å². The van der Waals surface area contributed by atoms with Gasteiger partial charge in [-0.15, -0.1) is 0 Å². The average Bonchev–Trinajstić information content (AvgIpc) is 3.23. The Kier molecular flexibility index (Phi) is 6.53. The Morgan fingerprint density at radius 1 is 1.10 bits per heavy atom. The normalized spacial score (nSPS) is 14.8. The van der Waals surface area contributed by atoms with Crippen molar-refractivity contribution in [1.82, 2.24) is 15.0 Å². The first-order valence-corrected chi connectivity index (χ1v) is 10.1. The lowest BCUT2D eigenvalue weighted by molar-refractivity contribution is -0.0512. The molecular formula is C21H21ClF2N4O3. The summed E-state index contributed by atoms with van der Waals surface area (Å²) in [5.41, 5.74) is 1.62. The molecule has 0 radical (unpaired) electrons. The zero-order chi connectivity index (χ0) is 21.8. The molecule has 1 saturated heterocycles. The number of hydrogen-bond donors (Lipinski definition) is 0. The zero-order valence-corrected chi connectivity index (χ0v) is 17.6. The molecule has 0 amide bonds. The van der Waals surface area contributed by atoms with Crippen molar-refractivity contribution in [1.29, 1.82) is 0 Å². The summed E-state index contributed by atoms with van der Waals surface area (Å²) in [6.07, 6.45) is 0. The summed E-state index contributed by atoms with van der Waals surface area (Å²) in [6, 6.07) is 12.3. The minimum absolute atomic E-state index is 0.0543. The van der Waals surface area contributed by atoms with Crippen LogP contribution in [0, 0.1) is 0 Å². The van der Waals surface area contributed by atoms with Crippen molar-refractivity contribution >= 4 is 17.3 Å². The molecule has 0 bridgehead atoms. The predicted molar refractivity (Wildman–Crippen MR) is 112 cm³/mol. The highest BCUT2D eigenvalue weighted by molar-refractivity contribution is 6.33. The maximum atomic E-state index is 12.5. The van der Waals surface area contributed by atoms with Gasteiger partial charge in [-0.2, -0.15) is 13.8 Å². The number of rotatable bonds is 7. The van der Waals surface area contributed by atoms with Crippen LogP contribution in [0.25, 0.3) is 11.4 Å². The second-order valence-electron chi connectivity index (χ2n) is 6.97. The standard InChI is InChI=1S/C21H21ClF2N4O3/c1-29-18-12-14(6-7-17(18)30-21(23)24)20-25-19(31-26-20)13-27-8-10-28(11-9-27)16-5-3-2-4-15(16)22/h2-7,12,21H,8-11,13H2,1H3. The van der Waals surface area contributed by atoms with Crippen molar-refractivity contribution < 1.29 is 22.8 Å². The Labute approximate surface area is 183 Å². The number of aromatic nitrogens is 2. The first-order valence-electron chi connectivity index (χ1n) is 9.71. The highest BCUT2D eigenvalue weighted by atomic mass is 35.5. The molecular weight excluding hydrogens is 430 g/mol. The number of alkyl halides is 2. The van der Waals surface area contributed by atoms with Crippen LogP contribution in [0.5, 0.6) is 11.5 Å². The summed E-state index contributed by atoms with van der Waals surface area (Å²) in [6.45, 7) is 0.927. The van der Waals surface area contributed by atoms with Crippen LogP contribution in [0.4, 0.5) is 14.5 Å². The summed E-state index contributed by atoms with van der Waals surface area (Å²) in [4.78, 5) is 8.92. The van der Waals surface area contributed by atoms with Crippen molar-refractivity contribution in [3.8, 4) is 22.9 Å². The molecule has 4 rings (SSSR count). The van der Waals surface area contributed by atoms with Gasteiger partial charge in [0.1, 0.15) is 0 Å². The zero-order valence-electron chi connectivity index (χ0n) is 16.8. The van der Waals surface area contributed by atoms with Crippen LogP contribution in [-0.2, 0) is 6.54 Å². The molecule has 0 atom stereocenters. The highest BCUT2D eigenvalue weighted by Crippen LogP contribution is 2.32. The second kappa shape index (κ2) is 9.49. The van der Waals surface area contributed by atoms with Gasteiger partial charge in [-0.3, -0.25) is 4.90 Å². The van der Waals surface area contributed by atoms with E-state index in [9.17, 15) is 8.78 Å². The predicted octanol–water partition coefficient (Wildman–Crippen LogP) is 4.32. The molecule has 0 saturated carbocycles. The molecule has 164 valence electrons. The van der Waals surface area contributed by atoms with Gasteiger partial charge in [0, 0.05) is 31.7 Å². The maximum absolute atomic E-state index is 12.5. The van der Waals surface area contributed by atoms with Gasteiger partial charge < -0.3 is 18.9 Å². The Hall–Kier alpha value is -2.91. The minimum atomic E-state index is -2.94. The third-order valence-corrected chi connectivity index (χ3v) is 5.35. The van der Waals surface area contributed by atoms with Gasteiger partial charge in [0.15, 0.2) is 11.5 Å². The molecule has 3 aromatic rings. The molecule has 1 fully saturated rings. The van der Waals surface area contributed by atoms with E-state index in [1.54, 1.807) is 6.07 Å². The van der Waals surface area contributed by atoms with E-state index >= 15 is 0 Å². The highest BCUT2D eigenvalue weighted by Gasteiger charge is 2.21. The van der Waals surface area contributed by atoms with Crippen LogP contribution in [-0.4, -0.2) is 54.9 Å². The molecule has 1 aliphatic rings. The van der Waals surface area contributed by atoms with Crippen LogP contribution >= 0.6 is 11.6 Å². The van der Waals surface area contributed by atoms with Gasteiger partial charge in [-0.25, -0.2) is 0 Å². The van der Waals surface area contributed by atoms with Crippen LogP contribution in [0.15, 0.2) is 47.0 Å². The van der Waals surface area contributed by atoms with Crippen LogP contribution in [0.3, 0.4) is 0 Å².